The number of esters is 1. The van der Waals surface area contributed by atoms with Crippen LogP contribution in [0, 0.1) is 0 Å². The number of nitrogens with zero attached hydrogens (tertiary/aromatic N) is 1. The second kappa shape index (κ2) is 10.5. The van der Waals surface area contributed by atoms with Gasteiger partial charge in [-0.15, -0.1) is 0 Å². The van der Waals surface area contributed by atoms with Crippen LogP contribution in [0.3, 0.4) is 0 Å². The number of nitrogens with one attached hydrogen (secondary N) is 1. The van der Waals surface area contributed by atoms with Crippen LogP contribution in [0.2, 0.25) is 0 Å². The molecule has 4 rings (SSSR count). The molecule has 0 aliphatic heterocycles. The van der Waals surface area contributed by atoms with Crippen LogP contribution in [0.5, 0.6) is 0 Å². The lowest BCUT2D eigenvalue weighted by Gasteiger charge is -2.42. The molecular weight excluding hydrogens is 444 g/mol. The minimum Gasteiger partial charge on any atom is -0.458 e. The molecule has 3 aromatic rings. The summed E-state index contributed by atoms with van der Waals surface area (Å²) in [4.78, 5) is 17.1. The van der Waals surface area contributed by atoms with Crippen molar-refractivity contribution in [3.63, 3.8) is 0 Å². The van der Waals surface area contributed by atoms with E-state index in [-0.39, 0.29) is 23.4 Å². The maximum absolute atomic E-state index is 12.1. The van der Waals surface area contributed by atoms with Gasteiger partial charge in [-0.3, -0.25) is 0 Å². The largest absolute Gasteiger partial charge is 0.458 e. The molecule has 1 aliphatic carbocycles. The normalized spacial score (nSPS) is 16.1. The van der Waals surface area contributed by atoms with Gasteiger partial charge in [-0.1, -0.05) is 82.8 Å². The molecule has 0 radical (unpaired) electrons. The molecule has 4 nitrogen and oxygen atoms in total. The lowest BCUT2D eigenvalue weighted by Crippen LogP contribution is -2.34. The number of fused-ring (bicyclic) bond motifs is 1. The number of amidine groups is 1. The Hall–Kier alpha value is -3.66. The average molecular weight is 481 g/mol. The summed E-state index contributed by atoms with van der Waals surface area (Å²) in [6, 6.07) is 24.3. The third kappa shape index (κ3) is 5.76. The maximum Gasteiger partial charge on any atom is 0.338 e. The highest BCUT2D eigenvalue weighted by molar-refractivity contribution is 6.00. The zero-order chi connectivity index (χ0) is 25.8. The van der Waals surface area contributed by atoms with E-state index in [0.29, 0.717) is 12.1 Å². The molecule has 0 bridgehead atoms. The second-order valence-electron chi connectivity index (χ2n) is 10.8. The van der Waals surface area contributed by atoms with Crippen molar-refractivity contribution in [2.24, 2.45) is 4.99 Å². The molecule has 0 aromatic heterocycles. The van der Waals surface area contributed by atoms with Gasteiger partial charge >= 0.3 is 5.97 Å². The lowest BCUT2D eigenvalue weighted by molar-refractivity contribution is 0.0550. The molecule has 1 N–H and O–H groups in total. The summed E-state index contributed by atoms with van der Waals surface area (Å²) >= 11 is 0. The lowest BCUT2D eigenvalue weighted by atomic mass is 9.63. The minimum atomic E-state index is -0.368. The van der Waals surface area contributed by atoms with E-state index < -0.39 is 0 Å². The first-order chi connectivity index (χ1) is 17.2. The SMILES string of the molecule is C=CCOC(=O)c1ccc(N=C(NCc2ccccc2)c2ccc3c(c2)C(C)(C)CCC3(C)C)cc1. The van der Waals surface area contributed by atoms with Crippen molar-refractivity contribution < 1.29 is 9.53 Å². The van der Waals surface area contributed by atoms with Gasteiger partial charge in [0.2, 0.25) is 0 Å². The Balaban J connectivity index is 1.70. The summed E-state index contributed by atoms with van der Waals surface area (Å²) in [5.74, 6) is 0.440. The van der Waals surface area contributed by atoms with Crippen molar-refractivity contribution in [2.75, 3.05) is 6.61 Å². The molecule has 3 aromatic carbocycles. The van der Waals surface area contributed by atoms with Gasteiger partial charge in [0.1, 0.15) is 12.4 Å². The maximum atomic E-state index is 12.1. The van der Waals surface area contributed by atoms with Crippen LogP contribution in [0.4, 0.5) is 5.69 Å². The fraction of sp³-hybridized carbons (Fsp3) is 0.312. The Bertz CT molecular complexity index is 1260. The highest BCUT2D eigenvalue weighted by atomic mass is 16.5. The average Bonchev–Trinajstić information content (AvgIpc) is 2.88. The molecule has 0 saturated heterocycles. The van der Waals surface area contributed by atoms with Crippen molar-refractivity contribution in [1.82, 2.24) is 5.32 Å². The van der Waals surface area contributed by atoms with Crippen molar-refractivity contribution >= 4 is 17.5 Å². The quantitative estimate of drug-likeness (QED) is 0.168. The fourth-order valence-electron chi connectivity index (χ4n) is 4.74. The summed E-state index contributed by atoms with van der Waals surface area (Å²) in [7, 11) is 0. The summed E-state index contributed by atoms with van der Waals surface area (Å²) in [5.41, 5.74) is 6.59. The Kier molecular flexibility index (Phi) is 7.44. The molecule has 0 fully saturated rings. The third-order valence-corrected chi connectivity index (χ3v) is 7.11. The van der Waals surface area contributed by atoms with E-state index in [9.17, 15) is 4.79 Å². The summed E-state index contributed by atoms with van der Waals surface area (Å²) in [6.45, 7) is 13.8. The molecule has 0 saturated carbocycles. The number of rotatable bonds is 7. The Morgan fingerprint density at radius 2 is 1.56 bits per heavy atom. The predicted molar refractivity (Wildman–Crippen MR) is 148 cm³/mol. The first-order valence-electron chi connectivity index (χ1n) is 12.6. The number of carbonyl (C=O) groups excluding carboxylic acids is 1. The highest BCUT2D eigenvalue weighted by Crippen LogP contribution is 2.46. The van der Waals surface area contributed by atoms with Crippen LogP contribution in [-0.4, -0.2) is 18.4 Å². The van der Waals surface area contributed by atoms with E-state index in [4.69, 9.17) is 9.73 Å². The highest BCUT2D eigenvalue weighted by Gasteiger charge is 2.37. The molecule has 0 heterocycles. The van der Waals surface area contributed by atoms with Crippen molar-refractivity contribution in [3.8, 4) is 0 Å². The predicted octanol–water partition coefficient (Wildman–Crippen LogP) is 7.25. The zero-order valence-corrected chi connectivity index (χ0v) is 21.8. The van der Waals surface area contributed by atoms with Gasteiger partial charge in [0.25, 0.3) is 0 Å². The molecule has 0 spiro atoms. The van der Waals surface area contributed by atoms with E-state index in [1.165, 1.54) is 23.1 Å². The molecular formula is C32H36N2O2. The number of ether oxygens (including phenoxy) is 1. The van der Waals surface area contributed by atoms with Gasteiger partial charge in [0, 0.05) is 12.1 Å². The second-order valence-corrected chi connectivity index (χ2v) is 10.8. The summed E-state index contributed by atoms with van der Waals surface area (Å²) in [6.07, 6.45) is 3.90. The first-order valence-corrected chi connectivity index (χ1v) is 12.6. The van der Waals surface area contributed by atoms with Crippen molar-refractivity contribution in [3.05, 3.63) is 113 Å². The molecule has 0 amide bonds. The zero-order valence-electron chi connectivity index (χ0n) is 21.8. The number of aliphatic imine (C=N–C) groups is 1. The van der Waals surface area contributed by atoms with Gasteiger partial charge < -0.3 is 10.1 Å². The Labute approximate surface area is 215 Å². The molecule has 36 heavy (non-hydrogen) atoms. The topological polar surface area (TPSA) is 50.7 Å². The third-order valence-electron chi connectivity index (χ3n) is 7.11. The number of benzene rings is 3. The van der Waals surface area contributed by atoms with Crippen LogP contribution >= 0.6 is 0 Å². The van der Waals surface area contributed by atoms with Crippen LogP contribution in [-0.2, 0) is 22.1 Å². The smallest absolute Gasteiger partial charge is 0.338 e. The van der Waals surface area contributed by atoms with Crippen LogP contribution in [0.25, 0.3) is 0 Å². The van der Waals surface area contributed by atoms with Gasteiger partial charge in [0.05, 0.1) is 11.3 Å². The van der Waals surface area contributed by atoms with Crippen molar-refractivity contribution in [1.29, 1.82) is 0 Å². The minimum absolute atomic E-state index is 0.110. The van der Waals surface area contributed by atoms with E-state index in [1.807, 2.05) is 30.3 Å². The number of hydrogen-bond acceptors (Lipinski definition) is 3. The van der Waals surface area contributed by atoms with Gasteiger partial charge in [-0.25, -0.2) is 9.79 Å². The van der Waals surface area contributed by atoms with Gasteiger partial charge in [0.15, 0.2) is 0 Å². The van der Waals surface area contributed by atoms with E-state index in [0.717, 1.165) is 23.5 Å². The molecule has 0 atom stereocenters. The summed E-state index contributed by atoms with van der Waals surface area (Å²) in [5, 5.41) is 3.57. The first kappa shape index (κ1) is 25.4. The van der Waals surface area contributed by atoms with E-state index in [1.54, 1.807) is 18.2 Å². The van der Waals surface area contributed by atoms with E-state index in [2.05, 4.69) is 69.9 Å². The number of carbonyl (C=O) groups is 1. The molecule has 186 valence electrons. The van der Waals surface area contributed by atoms with Gasteiger partial charge in [-0.05, 0) is 70.7 Å². The number of hydrogen-bond donors (Lipinski definition) is 1. The molecule has 4 heteroatoms. The fourth-order valence-corrected chi connectivity index (χ4v) is 4.74. The van der Waals surface area contributed by atoms with Crippen molar-refractivity contribution in [2.45, 2.75) is 57.9 Å². The van der Waals surface area contributed by atoms with Crippen LogP contribution in [0.1, 0.15) is 73.1 Å². The standard InChI is InChI=1S/C32H36N2O2/c1-6-20-36-30(35)24-12-15-26(16-13-24)34-29(33-22-23-10-8-7-9-11-23)25-14-17-27-28(21-25)32(4,5)19-18-31(27,2)3/h6-17,21H,1,18-20,22H2,2-5H3,(H,33,34). The Morgan fingerprint density at radius 1 is 0.917 bits per heavy atom. The van der Waals surface area contributed by atoms with E-state index >= 15 is 0 Å². The molecule has 1 aliphatic rings. The van der Waals surface area contributed by atoms with Gasteiger partial charge in [-0.2, -0.15) is 0 Å². The van der Waals surface area contributed by atoms with Crippen LogP contribution < -0.4 is 5.32 Å². The molecule has 0 unspecified atom stereocenters. The van der Waals surface area contributed by atoms with Crippen LogP contribution in [0.15, 0.2) is 90.4 Å². The summed E-state index contributed by atoms with van der Waals surface area (Å²) < 4.78 is 5.14. The monoisotopic (exact) mass is 480 g/mol. The Morgan fingerprint density at radius 3 is 2.22 bits per heavy atom.